The number of thioether (sulfide) groups is 1. The third-order valence-electron chi connectivity index (χ3n) is 1.34. The Hall–Kier alpha value is -1.04. The lowest BCUT2D eigenvalue weighted by molar-refractivity contribution is -0.138. The van der Waals surface area contributed by atoms with Crippen LogP contribution in [0.5, 0.6) is 0 Å². The van der Waals surface area contributed by atoms with Gasteiger partial charge < -0.3 is 9.52 Å². The van der Waals surface area contributed by atoms with Crippen molar-refractivity contribution in [2.45, 2.75) is 18.1 Å². The van der Waals surface area contributed by atoms with Crippen LogP contribution in [0.15, 0.2) is 9.64 Å². The van der Waals surface area contributed by atoms with Crippen molar-refractivity contribution in [3.63, 3.8) is 0 Å². The second-order valence-corrected chi connectivity index (χ2v) is 2.93. The number of nitrogens with zero attached hydrogens (tertiary/aromatic N) is 2. The molecule has 0 spiro atoms. The Morgan fingerprint density at radius 3 is 2.75 bits per heavy atom. The topological polar surface area (TPSA) is 76.2 Å². The van der Waals surface area contributed by atoms with Crippen LogP contribution in [0.2, 0.25) is 0 Å². The molecule has 1 atom stereocenters. The molecule has 0 fully saturated rings. The lowest BCUT2D eigenvalue weighted by Gasteiger charge is -1.96. The van der Waals surface area contributed by atoms with Gasteiger partial charge in [-0.25, -0.2) is 0 Å². The summed E-state index contributed by atoms with van der Waals surface area (Å²) < 4.78 is 5.02. The normalized spacial score (nSPS) is 12.8. The predicted molar refractivity (Wildman–Crippen MR) is 42.1 cm³/mol. The maximum Gasteiger partial charge on any atom is 0.315 e. The van der Waals surface area contributed by atoms with Crippen LogP contribution in [0.25, 0.3) is 0 Å². The Labute approximate surface area is 73.2 Å². The molecule has 0 aliphatic rings. The van der Waals surface area contributed by atoms with Gasteiger partial charge in [0.1, 0.15) is 5.92 Å². The van der Waals surface area contributed by atoms with Crippen molar-refractivity contribution in [1.29, 1.82) is 0 Å². The van der Waals surface area contributed by atoms with E-state index in [9.17, 15) is 4.79 Å². The van der Waals surface area contributed by atoms with E-state index in [0.29, 0.717) is 5.22 Å². The van der Waals surface area contributed by atoms with E-state index in [4.69, 9.17) is 9.52 Å². The van der Waals surface area contributed by atoms with E-state index in [1.807, 2.05) is 0 Å². The number of rotatable bonds is 3. The van der Waals surface area contributed by atoms with E-state index in [-0.39, 0.29) is 5.89 Å². The van der Waals surface area contributed by atoms with Crippen LogP contribution >= 0.6 is 11.8 Å². The first-order chi connectivity index (χ1) is 5.65. The van der Waals surface area contributed by atoms with Gasteiger partial charge in [0.25, 0.3) is 5.22 Å². The summed E-state index contributed by atoms with van der Waals surface area (Å²) >= 11 is 1.29. The lowest BCUT2D eigenvalue weighted by Crippen LogP contribution is -2.07. The van der Waals surface area contributed by atoms with Gasteiger partial charge in [-0.15, -0.1) is 10.2 Å². The van der Waals surface area contributed by atoms with Gasteiger partial charge in [-0.1, -0.05) is 11.8 Å². The summed E-state index contributed by atoms with van der Waals surface area (Å²) in [4.78, 5) is 10.5. The van der Waals surface area contributed by atoms with E-state index in [0.717, 1.165) is 0 Å². The van der Waals surface area contributed by atoms with E-state index < -0.39 is 11.9 Å². The summed E-state index contributed by atoms with van der Waals surface area (Å²) in [5, 5.41) is 16.2. The van der Waals surface area contributed by atoms with Gasteiger partial charge in [0.2, 0.25) is 5.89 Å². The van der Waals surface area contributed by atoms with E-state index in [2.05, 4.69) is 10.2 Å². The molecule has 1 heterocycles. The molecule has 1 unspecified atom stereocenters. The molecular formula is C6H8N2O3S. The summed E-state index contributed by atoms with van der Waals surface area (Å²) in [6.07, 6.45) is 1.78. The predicted octanol–water partition coefficient (Wildman–Crippen LogP) is 0.980. The number of hydrogen-bond acceptors (Lipinski definition) is 5. The first-order valence-electron chi connectivity index (χ1n) is 3.25. The Balaban J connectivity index is 2.81. The third kappa shape index (κ3) is 1.76. The van der Waals surface area contributed by atoms with Crippen LogP contribution in [0.4, 0.5) is 0 Å². The molecule has 6 heteroatoms. The van der Waals surface area contributed by atoms with Crippen molar-refractivity contribution in [2.24, 2.45) is 0 Å². The molecule has 12 heavy (non-hydrogen) atoms. The highest BCUT2D eigenvalue weighted by atomic mass is 32.2. The van der Waals surface area contributed by atoms with Gasteiger partial charge in [0, 0.05) is 0 Å². The monoisotopic (exact) mass is 188 g/mol. The van der Waals surface area contributed by atoms with Crippen LogP contribution in [0.1, 0.15) is 18.7 Å². The lowest BCUT2D eigenvalue weighted by atomic mass is 10.2. The molecule has 1 aromatic rings. The largest absolute Gasteiger partial charge is 0.481 e. The molecule has 0 bridgehead atoms. The maximum absolute atomic E-state index is 10.5. The fourth-order valence-electron chi connectivity index (χ4n) is 0.583. The molecule has 1 aromatic heterocycles. The number of carboxylic acids is 1. The van der Waals surface area contributed by atoms with E-state index >= 15 is 0 Å². The second-order valence-electron chi connectivity index (χ2n) is 2.17. The summed E-state index contributed by atoms with van der Waals surface area (Å²) in [5.41, 5.74) is 0. The summed E-state index contributed by atoms with van der Waals surface area (Å²) in [6, 6.07) is 0. The third-order valence-corrected chi connectivity index (χ3v) is 1.85. The van der Waals surface area contributed by atoms with Crippen LogP contribution < -0.4 is 0 Å². The summed E-state index contributed by atoms with van der Waals surface area (Å²) in [5.74, 6) is -1.56. The van der Waals surface area contributed by atoms with E-state index in [1.54, 1.807) is 6.26 Å². The van der Waals surface area contributed by atoms with Crippen LogP contribution in [-0.2, 0) is 4.79 Å². The van der Waals surface area contributed by atoms with Crippen molar-refractivity contribution in [3.8, 4) is 0 Å². The SMILES string of the molecule is CSc1nnc(C(C)C(=O)O)o1. The highest BCUT2D eigenvalue weighted by Crippen LogP contribution is 2.18. The highest BCUT2D eigenvalue weighted by molar-refractivity contribution is 7.98. The number of aliphatic carboxylic acids is 1. The van der Waals surface area contributed by atoms with E-state index in [1.165, 1.54) is 18.7 Å². The van der Waals surface area contributed by atoms with Gasteiger partial charge in [-0.05, 0) is 13.2 Å². The van der Waals surface area contributed by atoms with Gasteiger partial charge >= 0.3 is 5.97 Å². The molecule has 5 nitrogen and oxygen atoms in total. The first-order valence-corrected chi connectivity index (χ1v) is 4.48. The molecule has 1 N–H and O–H groups in total. The molecule has 0 radical (unpaired) electrons. The fraction of sp³-hybridized carbons (Fsp3) is 0.500. The average molecular weight is 188 g/mol. The Kier molecular flexibility index (Phi) is 2.69. The molecule has 0 aromatic carbocycles. The van der Waals surface area contributed by atoms with Crippen molar-refractivity contribution < 1.29 is 14.3 Å². The number of aromatic nitrogens is 2. The van der Waals surface area contributed by atoms with Crippen LogP contribution in [0.3, 0.4) is 0 Å². The zero-order valence-electron chi connectivity index (χ0n) is 6.64. The molecule has 0 aliphatic heterocycles. The zero-order chi connectivity index (χ0) is 9.14. The number of carboxylic acid groups (broad SMARTS) is 1. The molecule has 0 amide bonds. The number of carbonyl (C=O) groups is 1. The van der Waals surface area contributed by atoms with Crippen molar-refractivity contribution in [1.82, 2.24) is 10.2 Å². The van der Waals surface area contributed by atoms with Crippen molar-refractivity contribution in [3.05, 3.63) is 5.89 Å². The minimum absolute atomic E-state index is 0.145. The minimum atomic E-state index is -0.966. The van der Waals surface area contributed by atoms with Gasteiger partial charge in [0.15, 0.2) is 0 Å². The second kappa shape index (κ2) is 3.57. The van der Waals surface area contributed by atoms with Crippen LogP contribution in [0, 0.1) is 0 Å². The Morgan fingerprint density at radius 1 is 1.67 bits per heavy atom. The highest BCUT2D eigenvalue weighted by Gasteiger charge is 2.20. The standard InChI is InChI=1S/C6H8N2O3S/c1-3(5(9)10)4-7-8-6(11-4)12-2/h3H,1-2H3,(H,9,10). The Bertz CT molecular complexity index is 286. The first kappa shape index (κ1) is 9.05. The summed E-state index contributed by atoms with van der Waals surface area (Å²) in [6.45, 7) is 1.50. The number of hydrogen-bond donors (Lipinski definition) is 1. The molecule has 0 saturated carbocycles. The van der Waals surface area contributed by atoms with Gasteiger partial charge in [0.05, 0.1) is 0 Å². The Morgan fingerprint density at radius 2 is 2.33 bits per heavy atom. The average Bonchev–Trinajstić information content (AvgIpc) is 2.50. The smallest absolute Gasteiger partial charge is 0.315 e. The molecule has 0 aliphatic carbocycles. The van der Waals surface area contributed by atoms with Gasteiger partial charge in [-0.3, -0.25) is 4.79 Å². The van der Waals surface area contributed by atoms with Gasteiger partial charge in [-0.2, -0.15) is 0 Å². The molecular weight excluding hydrogens is 180 g/mol. The fourth-order valence-corrected chi connectivity index (χ4v) is 0.875. The molecule has 0 saturated heterocycles. The quantitative estimate of drug-likeness (QED) is 0.712. The maximum atomic E-state index is 10.5. The molecule has 66 valence electrons. The van der Waals surface area contributed by atoms with Crippen molar-refractivity contribution >= 4 is 17.7 Å². The summed E-state index contributed by atoms with van der Waals surface area (Å²) in [7, 11) is 0. The molecule has 1 rings (SSSR count). The van der Waals surface area contributed by atoms with Crippen molar-refractivity contribution in [2.75, 3.05) is 6.26 Å². The van der Waals surface area contributed by atoms with Crippen LogP contribution in [-0.4, -0.2) is 27.5 Å². The zero-order valence-corrected chi connectivity index (χ0v) is 7.46. The minimum Gasteiger partial charge on any atom is -0.481 e.